The zero-order valence-electron chi connectivity index (χ0n) is 8.55. The number of halogens is 2. The Morgan fingerprint density at radius 1 is 1.47 bits per heavy atom. The molecule has 0 bridgehead atoms. The maximum atomic E-state index is 10.8. The molecule has 0 spiro atoms. The van der Waals surface area contributed by atoms with E-state index in [9.17, 15) is 4.79 Å². The molecule has 0 saturated carbocycles. The summed E-state index contributed by atoms with van der Waals surface area (Å²) in [5, 5.41) is 4.83. The maximum Gasteiger partial charge on any atom is 0.216 e. The van der Waals surface area contributed by atoms with Crippen LogP contribution in [0.1, 0.15) is 0 Å². The van der Waals surface area contributed by atoms with E-state index in [0.29, 0.717) is 10.8 Å². The predicted molar refractivity (Wildman–Crippen MR) is 74.8 cm³/mol. The van der Waals surface area contributed by atoms with Crippen LogP contribution in [0.25, 0.3) is 17.6 Å². The van der Waals surface area contributed by atoms with Gasteiger partial charge in [-0.05, 0) is 12.1 Å². The van der Waals surface area contributed by atoms with E-state index in [4.69, 9.17) is 11.6 Å². The van der Waals surface area contributed by atoms with Crippen LogP contribution in [-0.2, 0) is 4.79 Å². The summed E-state index contributed by atoms with van der Waals surface area (Å²) >= 11 is 7.57. The first-order chi connectivity index (χ1) is 8.15. The molecule has 86 valence electrons. The molecular formula is C11H7ClIN3O. The van der Waals surface area contributed by atoms with Crippen molar-refractivity contribution in [2.45, 2.75) is 0 Å². The van der Waals surface area contributed by atoms with E-state index in [1.807, 2.05) is 12.1 Å². The van der Waals surface area contributed by atoms with Crippen LogP contribution in [0.15, 0.2) is 36.7 Å². The van der Waals surface area contributed by atoms with Gasteiger partial charge in [0, 0.05) is 45.5 Å². The molecule has 0 N–H and O–H groups in total. The lowest BCUT2D eigenvalue weighted by Crippen LogP contribution is -1.88. The van der Waals surface area contributed by atoms with Crippen molar-refractivity contribution in [3.63, 3.8) is 0 Å². The van der Waals surface area contributed by atoms with Crippen molar-refractivity contribution in [3.05, 3.63) is 41.7 Å². The predicted octanol–water partition coefficient (Wildman–Crippen LogP) is 3.03. The summed E-state index contributed by atoms with van der Waals surface area (Å²) in [6, 6.07) is 7.28. The lowest BCUT2D eigenvalue weighted by molar-refractivity contribution is -0.105. The second kappa shape index (κ2) is 5.42. The highest BCUT2D eigenvalue weighted by atomic mass is 127. The number of aromatic nitrogens is 3. The molecular weight excluding hydrogens is 352 g/mol. The smallest absolute Gasteiger partial charge is 0.216 e. The quantitative estimate of drug-likeness (QED) is 0.481. The Kier molecular flexibility index (Phi) is 3.90. The Hall–Kier alpha value is -1.21. The van der Waals surface area contributed by atoms with E-state index in [-0.39, 0.29) is 3.79 Å². The molecule has 0 fully saturated rings. The zero-order valence-corrected chi connectivity index (χ0v) is 11.5. The normalized spacial score (nSPS) is 10.9. The van der Waals surface area contributed by atoms with Crippen LogP contribution >= 0.6 is 34.2 Å². The van der Waals surface area contributed by atoms with Gasteiger partial charge >= 0.3 is 0 Å². The van der Waals surface area contributed by atoms with E-state index in [0.717, 1.165) is 5.56 Å². The number of benzene rings is 1. The van der Waals surface area contributed by atoms with Crippen LogP contribution in [0.4, 0.5) is 0 Å². The molecule has 1 heterocycles. The van der Waals surface area contributed by atoms with Gasteiger partial charge in [0.15, 0.2) is 5.82 Å². The first-order valence-corrected chi connectivity index (χ1v) is 6.15. The van der Waals surface area contributed by atoms with Gasteiger partial charge in [-0.2, -0.15) is 0 Å². The number of nitrogens with zero attached hydrogens (tertiary/aromatic N) is 3. The monoisotopic (exact) mass is 359 g/mol. The Morgan fingerprint density at radius 2 is 2.29 bits per heavy atom. The van der Waals surface area contributed by atoms with Gasteiger partial charge in [-0.15, -0.1) is 5.10 Å². The number of allylic oxidation sites excluding steroid dienone is 1. The van der Waals surface area contributed by atoms with Gasteiger partial charge in [0.25, 0.3) is 0 Å². The molecule has 0 saturated heterocycles. The molecule has 0 amide bonds. The highest BCUT2D eigenvalue weighted by Crippen LogP contribution is 2.18. The molecule has 17 heavy (non-hydrogen) atoms. The van der Waals surface area contributed by atoms with Crippen LogP contribution < -0.4 is 0 Å². The van der Waals surface area contributed by atoms with E-state index in [1.165, 1.54) is 17.1 Å². The van der Waals surface area contributed by atoms with E-state index in [1.54, 1.807) is 40.9 Å². The second-order valence-corrected chi connectivity index (χ2v) is 4.68. The van der Waals surface area contributed by atoms with Crippen LogP contribution in [0.5, 0.6) is 0 Å². The fraction of sp³-hybridized carbons (Fsp3) is 0. The van der Waals surface area contributed by atoms with Gasteiger partial charge in [-0.3, -0.25) is 4.79 Å². The third-order valence-corrected chi connectivity index (χ3v) is 2.54. The minimum atomic E-state index is -0.0672. The number of carbonyl (C=O) groups excluding carboxylic acids is 1. The summed E-state index contributed by atoms with van der Waals surface area (Å²) < 4.78 is 1.41. The van der Waals surface area contributed by atoms with Crippen LogP contribution in [0.3, 0.4) is 0 Å². The van der Waals surface area contributed by atoms with Crippen molar-refractivity contribution in [2.75, 3.05) is 0 Å². The number of carbonyl (C=O) groups is 1. The third kappa shape index (κ3) is 3.37. The average molecular weight is 360 g/mol. The van der Waals surface area contributed by atoms with Gasteiger partial charge in [0.05, 0.1) is 0 Å². The summed E-state index contributed by atoms with van der Waals surface area (Å²) in [4.78, 5) is 14.9. The van der Waals surface area contributed by atoms with Gasteiger partial charge in [0.2, 0.25) is 3.79 Å². The first kappa shape index (κ1) is 12.3. The summed E-state index contributed by atoms with van der Waals surface area (Å²) in [6.07, 6.45) is 4.50. The number of rotatable bonds is 3. The SMILES string of the molecule is O=C(I)/C=C\n1cnc(-c2cccc(Cl)c2)n1. The van der Waals surface area contributed by atoms with Crippen molar-refractivity contribution >= 4 is 44.2 Å². The van der Waals surface area contributed by atoms with Gasteiger partial charge < -0.3 is 0 Å². The molecule has 2 rings (SSSR count). The lowest BCUT2D eigenvalue weighted by Gasteiger charge is -1.95. The first-order valence-electron chi connectivity index (χ1n) is 4.70. The fourth-order valence-corrected chi connectivity index (χ4v) is 1.59. The van der Waals surface area contributed by atoms with E-state index in [2.05, 4.69) is 10.1 Å². The number of hydrogen-bond acceptors (Lipinski definition) is 3. The summed E-state index contributed by atoms with van der Waals surface area (Å²) in [5.41, 5.74) is 0.838. The fourth-order valence-electron chi connectivity index (χ4n) is 1.24. The molecule has 0 atom stereocenters. The highest BCUT2D eigenvalue weighted by Gasteiger charge is 2.03. The minimum absolute atomic E-state index is 0.0672. The summed E-state index contributed by atoms with van der Waals surface area (Å²) in [7, 11) is 0. The van der Waals surface area contributed by atoms with Crippen LogP contribution in [0, 0.1) is 0 Å². The Morgan fingerprint density at radius 3 is 3.00 bits per heavy atom. The molecule has 1 aromatic carbocycles. The van der Waals surface area contributed by atoms with Crippen LogP contribution in [-0.4, -0.2) is 18.6 Å². The molecule has 0 aliphatic rings. The summed E-state index contributed by atoms with van der Waals surface area (Å²) in [5.74, 6) is 0.568. The zero-order chi connectivity index (χ0) is 12.3. The minimum Gasteiger partial charge on any atom is -0.283 e. The molecule has 0 radical (unpaired) electrons. The molecule has 0 aliphatic carbocycles. The average Bonchev–Trinajstić information content (AvgIpc) is 2.75. The maximum absolute atomic E-state index is 10.8. The Bertz CT molecular complexity index is 580. The van der Waals surface area contributed by atoms with Gasteiger partial charge in [0.1, 0.15) is 6.33 Å². The van der Waals surface area contributed by atoms with Crippen LogP contribution in [0.2, 0.25) is 5.02 Å². The van der Waals surface area contributed by atoms with Gasteiger partial charge in [-0.1, -0.05) is 23.7 Å². The van der Waals surface area contributed by atoms with Crippen molar-refractivity contribution in [3.8, 4) is 11.4 Å². The molecule has 1 aromatic heterocycles. The molecule has 2 aromatic rings. The molecule has 6 heteroatoms. The molecule has 0 unspecified atom stereocenters. The van der Waals surface area contributed by atoms with Crippen molar-refractivity contribution < 1.29 is 4.79 Å². The van der Waals surface area contributed by atoms with Crippen molar-refractivity contribution in [1.82, 2.24) is 14.8 Å². The molecule has 0 aliphatic heterocycles. The topological polar surface area (TPSA) is 47.8 Å². The van der Waals surface area contributed by atoms with E-state index < -0.39 is 0 Å². The Labute approximate surface area is 116 Å². The number of hydrogen-bond donors (Lipinski definition) is 0. The lowest BCUT2D eigenvalue weighted by atomic mass is 10.2. The third-order valence-electron chi connectivity index (χ3n) is 1.95. The standard InChI is InChI=1S/C11H7ClIN3O/c12-9-3-1-2-8(6-9)11-14-7-16(15-11)5-4-10(13)17/h1-7H/b5-4-. The van der Waals surface area contributed by atoms with Crippen molar-refractivity contribution in [2.24, 2.45) is 0 Å². The Balaban J connectivity index is 2.27. The van der Waals surface area contributed by atoms with Crippen molar-refractivity contribution in [1.29, 1.82) is 0 Å². The largest absolute Gasteiger partial charge is 0.283 e. The second-order valence-electron chi connectivity index (χ2n) is 3.18. The summed E-state index contributed by atoms with van der Waals surface area (Å²) in [6.45, 7) is 0. The molecule has 4 nitrogen and oxygen atoms in total. The van der Waals surface area contributed by atoms with E-state index >= 15 is 0 Å². The van der Waals surface area contributed by atoms with Gasteiger partial charge in [-0.25, -0.2) is 9.67 Å². The highest BCUT2D eigenvalue weighted by molar-refractivity contribution is 14.1.